The largest absolute Gasteiger partial charge is 0.481 e. The molecule has 20 heavy (non-hydrogen) atoms. The molecule has 104 valence electrons. The predicted molar refractivity (Wildman–Crippen MR) is 84.1 cm³/mol. The SMILES string of the molecule is Cc1ccc(C)c(C(Cc2ccc(Br)cc2)C(=O)O)c1. The van der Waals surface area contributed by atoms with E-state index in [-0.39, 0.29) is 0 Å². The van der Waals surface area contributed by atoms with E-state index in [4.69, 9.17) is 0 Å². The number of carboxylic acid groups (broad SMARTS) is 1. The van der Waals surface area contributed by atoms with Gasteiger partial charge in [-0.2, -0.15) is 0 Å². The molecule has 0 aliphatic carbocycles. The minimum Gasteiger partial charge on any atom is -0.481 e. The molecule has 0 aliphatic rings. The molecule has 0 heterocycles. The predicted octanol–water partition coefficient (Wildman–Crippen LogP) is 4.48. The van der Waals surface area contributed by atoms with Gasteiger partial charge in [-0.15, -0.1) is 0 Å². The highest BCUT2D eigenvalue weighted by molar-refractivity contribution is 9.10. The summed E-state index contributed by atoms with van der Waals surface area (Å²) in [5.74, 6) is -1.28. The Labute approximate surface area is 127 Å². The van der Waals surface area contributed by atoms with Gasteiger partial charge in [0.1, 0.15) is 0 Å². The molecule has 1 N–H and O–H groups in total. The highest BCUT2D eigenvalue weighted by atomic mass is 79.9. The number of benzene rings is 2. The normalized spacial score (nSPS) is 12.2. The molecule has 0 saturated heterocycles. The number of rotatable bonds is 4. The zero-order chi connectivity index (χ0) is 14.7. The standard InChI is InChI=1S/C17H17BrO2/c1-11-3-4-12(2)15(9-11)16(17(19)20)10-13-5-7-14(18)8-6-13/h3-9,16H,10H2,1-2H3,(H,19,20). The summed E-state index contributed by atoms with van der Waals surface area (Å²) in [7, 11) is 0. The van der Waals surface area contributed by atoms with E-state index < -0.39 is 11.9 Å². The molecule has 2 aromatic rings. The van der Waals surface area contributed by atoms with Gasteiger partial charge < -0.3 is 5.11 Å². The summed E-state index contributed by atoms with van der Waals surface area (Å²) in [6.45, 7) is 3.95. The third-order valence-electron chi connectivity index (χ3n) is 3.46. The van der Waals surface area contributed by atoms with Crippen molar-refractivity contribution < 1.29 is 9.90 Å². The number of hydrogen-bond acceptors (Lipinski definition) is 1. The van der Waals surface area contributed by atoms with Crippen molar-refractivity contribution in [1.29, 1.82) is 0 Å². The highest BCUT2D eigenvalue weighted by Gasteiger charge is 2.22. The molecule has 0 radical (unpaired) electrons. The van der Waals surface area contributed by atoms with Crippen molar-refractivity contribution in [3.05, 3.63) is 69.2 Å². The molecule has 1 atom stereocenters. The van der Waals surface area contributed by atoms with Crippen molar-refractivity contribution in [2.45, 2.75) is 26.2 Å². The van der Waals surface area contributed by atoms with E-state index in [0.717, 1.165) is 26.7 Å². The lowest BCUT2D eigenvalue weighted by molar-refractivity contribution is -0.138. The Morgan fingerprint density at radius 1 is 1.15 bits per heavy atom. The molecule has 0 bridgehead atoms. The Bertz CT molecular complexity index is 617. The number of aliphatic carboxylic acids is 1. The fraction of sp³-hybridized carbons (Fsp3) is 0.235. The Kier molecular flexibility index (Phi) is 4.61. The van der Waals surface area contributed by atoms with E-state index in [0.29, 0.717) is 6.42 Å². The van der Waals surface area contributed by atoms with Crippen LogP contribution in [0.1, 0.15) is 28.2 Å². The van der Waals surface area contributed by atoms with Crippen molar-refractivity contribution in [3.63, 3.8) is 0 Å². The van der Waals surface area contributed by atoms with E-state index >= 15 is 0 Å². The van der Waals surface area contributed by atoms with Crippen molar-refractivity contribution in [1.82, 2.24) is 0 Å². The summed E-state index contributed by atoms with van der Waals surface area (Å²) in [5, 5.41) is 9.55. The second-order valence-electron chi connectivity index (χ2n) is 5.08. The molecular weight excluding hydrogens is 316 g/mol. The monoisotopic (exact) mass is 332 g/mol. The highest BCUT2D eigenvalue weighted by Crippen LogP contribution is 2.26. The topological polar surface area (TPSA) is 37.3 Å². The minimum atomic E-state index is -0.776. The zero-order valence-electron chi connectivity index (χ0n) is 11.6. The van der Waals surface area contributed by atoms with Crippen LogP contribution in [0.5, 0.6) is 0 Å². The summed E-state index contributed by atoms with van der Waals surface area (Å²) >= 11 is 3.39. The van der Waals surface area contributed by atoms with Gasteiger partial charge in [0.15, 0.2) is 0 Å². The summed E-state index contributed by atoms with van der Waals surface area (Å²) in [6.07, 6.45) is 0.507. The molecule has 0 spiro atoms. The molecule has 3 heteroatoms. The van der Waals surface area contributed by atoms with E-state index in [2.05, 4.69) is 15.9 Å². The molecule has 1 unspecified atom stereocenters. The molecule has 0 amide bonds. The molecule has 2 rings (SSSR count). The van der Waals surface area contributed by atoms with Gasteiger partial charge in [0.2, 0.25) is 0 Å². The Hall–Kier alpha value is -1.61. The minimum absolute atomic E-state index is 0.504. The average molecular weight is 333 g/mol. The number of halogens is 1. The second-order valence-corrected chi connectivity index (χ2v) is 6.00. The zero-order valence-corrected chi connectivity index (χ0v) is 13.1. The molecule has 0 aliphatic heterocycles. The van der Waals surface area contributed by atoms with E-state index in [9.17, 15) is 9.90 Å². The molecule has 0 saturated carbocycles. The van der Waals surface area contributed by atoms with Crippen molar-refractivity contribution in [3.8, 4) is 0 Å². The lowest BCUT2D eigenvalue weighted by Gasteiger charge is -2.16. The summed E-state index contributed by atoms with van der Waals surface area (Å²) in [6, 6.07) is 13.8. The summed E-state index contributed by atoms with van der Waals surface area (Å²) in [5.41, 5.74) is 4.05. The first-order valence-corrected chi connectivity index (χ1v) is 7.31. The van der Waals surface area contributed by atoms with Gasteiger partial charge in [-0.1, -0.05) is 51.8 Å². The number of hydrogen-bond donors (Lipinski definition) is 1. The smallest absolute Gasteiger partial charge is 0.311 e. The quantitative estimate of drug-likeness (QED) is 0.896. The maximum absolute atomic E-state index is 11.6. The van der Waals surface area contributed by atoms with E-state index in [1.54, 1.807) is 0 Å². The van der Waals surface area contributed by atoms with Crippen molar-refractivity contribution >= 4 is 21.9 Å². The molecule has 2 nitrogen and oxygen atoms in total. The van der Waals surface area contributed by atoms with E-state index in [1.807, 2.05) is 56.3 Å². The summed E-state index contributed by atoms with van der Waals surface area (Å²) < 4.78 is 1.000. The lowest BCUT2D eigenvalue weighted by atomic mass is 9.88. The van der Waals surface area contributed by atoms with Crippen molar-refractivity contribution in [2.75, 3.05) is 0 Å². The molecule has 0 aromatic heterocycles. The lowest BCUT2D eigenvalue weighted by Crippen LogP contribution is -2.15. The summed E-state index contributed by atoms with van der Waals surface area (Å²) in [4.78, 5) is 11.6. The Morgan fingerprint density at radius 3 is 2.40 bits per heavy atom. The van der Waals surface area contributed by atoms with Crippen LogP contribution in [-0.4, -0.2) is 11.1 Å². The van der Waals surface area contributed by atoms with Crippen LogP contribution in [0.4, 0.5) is 0 Å². The third-order valence-corrected chi connectivity index (χ3v) is 3.99. The van der Waals surface area contributed by atoms with Crippen LogP contribution < -0.4 is 0 Å². The first-order chi connectivity index (χ1) is 9.47. The second kappa shape index (κ2) is 6.23. The number of carboxylic acids is 1. The van der Waals surface area contributed by atoms with Crippen molar-refractivity contribution in [2.24, 2.45) is 0 Å². The van der Waals surface area contributed by atoms with Gasteiger partial charge in [0.25, 0.3) is 0 Å². The fourth-order valence-electron chi connectivity index (χ4n) is 2.32. The van der Waals surface area contributed by atoms with Gasteiger partial charge >= 0.3 is 5.97 Å². The maximum atomic E-state index is 11.6. The van der Waals surface area contributed by atoms with Crippen LogP contribution in [0.2, 0.25) is 0 Å². The van der Waals surface area contributed by atoms with Gasteiger partial charge in [-0.25, -0.2) is 0 Å². The van der Waals surface area contributed by atoms with Crippen LogP contribution in [0.25, 0.3) is 0 Å². The molecule has 0 fully saturated rings. The van der Waals surface area contributed by atoms with Crippen LogP contribution >= 0.6 is 15.9 Å². The van der Waals surface area contributed by atoms with Gasteiger partial charge in [0, 0.05) is 4.47 Å². The average Bonchev–Trinajstić information content (AvgIpc) is 2.41. The number of aryl methyl sites for hydroxylation is 2. The van der Waals surface area contributed by atoms with Crippen LogP contribution in [0.3, 0.4) is 0 Å². The molecule has 2 aromatic carbocycles. The van der Waals surface area contributed by atoms with Crippen LogP contribution in [-0.2, 0) is 11.2 Å². The van der Waals surface area contributed by atoms with Gasteiger partial charge in [-0.3, -0.25) is 4.79 Å². The van der Waals surface area contributed by atoms with E-state index in [1.165, 1.54) is 0 Å². The first kappa shape index (κ1) is 14.8. The maximum Gasteiger partial charge on any atom is 0.311 e. The Morgan fingerprint density at radius 2 is 1.80 bits per heavy atom. The third kappa shape index (κ3) is 3.48. The fourth-order valence-corrected chi connectivity index (χ4v) is 2.59. The number of carbonyl (C=O) groups is 1. The van der Waals surface area contributed by atoms with Gasteiger partial charge in [0.05, 0.1) is 5.92 Å². The van der Waals surface area contributed by atoms with Crippen LogP contribution in [0.15, 0.2) is 46.9 Å². The van der Waals surface area contributed by atoms with Gasteiger partial charge in [-0.05, 0) is 49.1 Å². The van der Waals surface area contributed by atoms with Crippen LogP contribution in [0, 0.1) is 13.8 Å². The Balaban J connectivity index is 2.34. The molecular formula is C17H17BrO2. The first-order valence-electron chi connectivity index (χ1n) is 6.52.